The summed E-state index contributed by atoms with van der Waals surface area (Å²) >= 11 is 0. The summed E-state index contributed by atoms with van der Waals surface area (Å²) in [4.78, 5) is 7.06. The molecule has 1 aliphatic heterocycles. The Balaban J connectivity index is 1.51. The van der Waals surface area contributed by atoms with Crippen molar-refractivity contribution in [2.45, 2.75) is 20.8 Å². The Morgan fingerprint density at radius 3 is 2.30 bits per heavy atom. The molecule has 0 bridgehead atoms. The van der Waals surface area contributed by atoms with Crippen LogP contribution < -0.4 is 9.64 Å². The largest absolute Gasteiger partial charge is 0.494 e. The van der Waals surface area contributed by atoms with Crippen LogP contribution in [0.1, 0.15) is 23.9 Å². The van der Waals surface area contributed by atoms with E-state index >= 15 is 0 Å². The van der Waals surface area contributed by atoms with Gasteiger partial charge < -0.3 is 18.9 Å². The number of benzene rings is 2. The van der Waals surface area contributed by atoms with Crippen LogP contribution in [-0.4, -0.2) is 43.7 Å². The molecule has 0 spiro atoms. The molecule has 0 saturated carbocycles. The minimum absolute atomic E-state index is 0.676. The molecule has 0 unspecified atom stereocenters. The predicted molar refractivity (Wildman–Crippen MR) is 123 cm³/mol. The van der Waals surface area contributed by atoms with E-state index in [0.29, 0.717) is 6.61 Å². The van der Waals surface area contributed by atoms with Gasteiger partial charge >= 0.3 is 0 Å². The third kappa shape index (κ3) is 4.41. The number of aliphatic imine (C=N–C) groups is 1. The van der Waals surface area contributed by atoms with E-state index in [1.54, 1.807) is 0 Å². The van der Waals surface area contributed by atoms with E-state index in [0.717, 1.165) is 49.0 Å². The summed E-state index contributed by atoms with van der Waals surface area (Å²) in [6.45, 7) is 10.4. The average molecular weight is 404 g/mol. The van der Waals surface area contributed by atoms with Gasteiger partial charge in [-0.05, 0) is 75.4 Å². The summed E-state index contributed by atoms with van der Waals surface area (Å²) in [5, 5.41) is 0. The molecule has 1 fully saturated rings. The number of morpholine rings is 1. The lowest BCUT2D eigenvalue weighted by Gasteiger charge is -2.28. The molecule has 0 amide bonds. The summed E-state index contributed by atoms with van der Waals surface area (Å²) < 4.78 is 13.2. The van der Waals surface area contributed by atoms with Crippen LogP contribution in [0, 0.1) is 13.8 Å². The first-order chi connectivity index (χ1) is 14.7. The minimum atomic E-state index is 0.676. The maximum absolute atomic E-state index is 5.56. The summed E-state index contributed by atoms with van der Waals surface area (Å²) in [5.41, 5.74) is 6.79. The number of aromatic nitrogens is 1. The second kappa shape index (κ2) is 9.18. The van der Waals surface area contributed by atoms with Crippen LogP contribution in [0.2, 0.25) is 0 Å². The monoisotopic (exact) mass is 403 g/mol. The minimum Gasteiger partial charge on any atom is -0.494 e. The molecule has 0 radical (unpaired) electrons. The van der Waals surface area contributed by atoms with Crippen LogP contribution in [0.15, 0.2) is 59.6 Å². The lowest BCUT2D eigenvalue weighted by atomic mass is 10.2. The van der Waals surface area contributed by atoms with Gasteiger partial charge in [-0.25, -0.2) is 0 Å². The third-order valence-corrected chi connectivity index (χ3v) is 5.45. The Labute approximate surface area is 178 Å². The molecule has 2 heterocycles. The van der Waals surface area contributed by atoms with E-state index in [9.17, 15) is 0 Å². The highest BCUT2D eigenvalue weighted by Gasteiger charge is 2.11. The lowest BCUT2D eigenvalue weighted by Crippen LogP contribution is -2.36. The molecule has 5 nitrogen and oxygen atoms in total. The Bertz CT molecular complexity index is 998. The molecule has 1 aromatic heterocycles. The second-order valence-corrected chi connectivity index (χ2v) is 7.46. The van der Waals surface area contributed by atoms with Gasteiger partial charge in [0.1, 0.15) is 5.75 Å². The highest BCUT2D eigenvalue weighted by Crippen LogP contribution is 2.24. The Kier molecular flexibility index (Phi) is 6.19. The number of hydrogen-bond donors (Lipinski definition) is 0. The van der Waals surface area contributed by atoms with E-state index in [1.807, 2.05) is 25.3 Å². The molecule has 0 N–H and O–H groups in total. The molecule has 1 saturated heterocycles. The van der Waals surface area contributed by atoms with Gasteiger partial charge in [0.05, 0.1) is 25.5 Å². The Morgan fingerprint density at radius 1 is 0.967 bits per heavy atom. The van der Waals surface area contributed by atoms with Crippen molar-refractivity contribution in [3.05, 3.63) is 71.5 Å². The van der Waals surface area contributed by atoms with E-state index < -0.39 is 0 Å². The summed E-state index contributed by atoms with van der Waals surface area (Å²) in [6, 6.07) is 18.8. The normalized spacial score (nSPS) is 14.4. The van der Waals surface area contributed by atoms with Crippen LogP contribution in [0.5, 0.6) is 5.75 Å². The summed E-state index contributed by atoms with van der Waals surface area (Å²) in [7, 11) is 0. The number of ether oxygens (including phenoxy) is 2. The van der Waals surface area contributed by atoms with Crippen molar-refractivity contribution in [1.82, 2.24) is 4.57 Å². The van der Waals surface area contributed by atoms with Gasteiger partial charge in [0.2, 0.25) is 0 Å². The second-order valence-electron chi connectivity index (χ2n) is 7.46. The first-order valence-corrected chi connectivity index (χ1v) is 10.5. The molecular weight excluding hydrogens is 374 g/mol. The number of anilines is 1. The van der Waals surface area contributed by atoms with Crippen LogP contribution >= 0.6 is 0 Å². The maximum Gasteiger partial charge on any atom is 0.119 e. The highest BCUT2D eigenvalue weighted by atomic mass is 16.5. The average Bonchev–Trinajstić information content (AvgIpc) is 3.07. The van der Waals surface area contributed by atoms with Crippen molar-refractivity contribution < 1.29 is 9.47 Å². The van der Waals surface area contributed by atoms with Crippen molar-refractivity contribution in [1.29, 1.82) is 0 Å². The van der Waals surface area contributed by atoms with Crippen molar-refractivity contribution in [3.8, 4) is 11.4 Å². The zero-order valence-corrected chi connectivity index (χ0v) is 18.0. The smallest absolute Gasteiger partial charge is 0.119 e. The summed E-state index contributed by atoms with van der Waals surface area (Å²) in [6.07, 6.45) is 1.96. The number of aryl methyl sites for hydroxylation is 1. The van der Waals surface area contributed by atoms with Gasteiger partial charge in [-0.3, -0.25) is 4.99 Å². The fourth-order valence-electron chi connectivity index (χ4n) is 3.89. The van der Waals surface area contributed by atoms with Crippen LogP contribution in [0.4, 0.5) is 11.4 Å². The number of rotatable bonds is 6. The van der Waals surface area contributed by atoms with Crippen LogP contribution in [-0.2, 0) is 4.74 Å². The molecule has 0 atom stereocenters. The fourth-order valence-corrected chi connectivity index (χ4v) is 3.89. The molecule has 4 rings (SSSR count). The molecule has 5 heteroatoms. The first-order valence-electron chi connectivity index (χ1n) is 10.5. The Hall–Kier alpha value is -3.05. The van der Waals surface area contributed by atoms with Crippen LogP contribution in [0.3, 0.4) is 0 Å². The zero-order valence-electron chi connectivity index (χ0n) is 18.0. The Morgan fingerprint density at radius 2 is 1.63 bits per heavy atom. The highest BCUT2D eigenvalue weighted by molar-refractivity contribution is 5.84. The SMILES string of the molecule is CCOc1ccc(-n2c(C)cc(C=Nc3ccc(N4CCOCC4)cc3)c2C)cc1. The van der Waals surface area contributed by atoms with E-state index in [4.69, 9.17) is 14.5 Å². The van der Waals surface area contributed by atoms with Gasteiger partial charge in [0.15, 0.2) is 0 Å². The maximum atomic E-state index is 5.56. The van der Waals surface area contributed by atoms with Gasteiger partial charge in [-0.15, -0.1) is 0 Å². The van der Waals surface area contributed by atoms with E-state index in [2.05, 4.69) is 65.8 Å². The topological polar surface area (TPSA) is 39.0 Å². The standard InChI is InChI=1S/C25H29N3O2/c1-4-30-25-11-9-24(10-12-25)28-19(2)17-21(20(28)3)18-26-22-5-7-23(8-6-22)27-13-15-29-16-14-27/h5-12,17-18H,4,13-16H2,1-3H3. The molecule has 3 aromatic rings. The van der Waals surface area contributed by atoms with Crippen molar-refractivity contribution in [3.63, 3.8) is 0 Å². The van der Waals surface area contributed by atoms with Crippen LogP contribution in [0.25, 0.3) is 5.69 Å². The number of nitrogens with zero attached hydrogens (tertiary/aromatic N) is 3. The third-order valence-electron chi connectivity index (χ3n) is 5.45. The zero-order chi connectivity index (χ0) is 20.9. The quantitative estimate of drug-likeness (QED) is 0.539. The molecule has 156 valence electrons. The fraction of sp³-hybridized carbons (Fsp3) is 0.320. The number of hydrogen-bond acceptors (Lipinski definition) is 4. The van der Waals surface area contributed by atoms with Crippen molar-refractivity contribution >= 4 is 17.6 Å². The van der Waals surface area contributed by atoms with E-state index in [1.165, 1.54) is 17.1 Å². The lowest BCUT2D eigenvalue weighted by molar-refractivity contribution is 0.122. The predicted octanol–water partition coefficient (Wildman–Crippen LogP) is 5.08. The molecule has 1 aliphatic rings. The molecule has 30 heavy (non-hydrogen) atoms. The van der Waals surface area contributed by atoms with E-state index in [-0.39, 0.29) is 0 Å². The van der Waals surface area contributed by atoms with Gasteiger partial charge in [0.25, 0.3) is 0 Å². The van der Waals surface area contributed by atoms with Crippen molar-refractivity contribution in [2.24, 2.45) is 4.99 Å². The molecule has 2 aromatic carbocycles. The van der Waals surface area contributed by atoms with Gasteiger partial charge in [-0.1, -0.05) is 0 Å². The first kappa shape index (κ1) is 20.2. The van der Waals surface area contributed by atoms with Gasteiger partial charge in [0, 0.05) is 47.6 Å². The van der Waals surface area contributed by atoms with Crippen molar-refractivity contribution in [2.75, 3.05) is 37.8 Å². The van der Waals surface area contributed by atoms with Gasteiger partial charge in [-0.2, -0.15) is 0 Å². The summed E-state index contributed by atoms with van der Waals surface area (Å²) in [5.74, 6) is 0.894. The molecule has 0 aliphatic carbocycles. The molecular formula is C25H29N3O2.